The number of rotatable bonds is 4. The van der Waals surface area contributed by atoms with Crippen LogP contribution in [0.1, 0.15) is 22.5 Å². The maximum atomic E-state index is 6.29. The van der Waals surface area contributed by atoms with Crippen molar-refractivity contribution >= 4 is 51.9 Å². The number of anilines is 2. The van der Waals surface area contributed by atoms with Crippen molar-refractivity contribution in [1.82, 2.24) is 9.78 Å². The highest BCUT2D eigenvalue weighted by Crippen LogP contribution is 2.25. The van der Waals surface area contributed by atoms with Crippen molar-refractivity contribution in [3.63, 3.8) is 0 Å². The van der Waals surface area contributed by atoms with E-state index in [1.807, 2.05) is 61.9 Å². The molecule has 1 aromatic heterocycles. The second kappa shape index (κ2) is 8.30. The number of thiocarbonyl (C=S) groups is 1. The van der Waals surface area contributed by atoms with Gasteiger partial charge in [-0.25, -0.2) is 0 Å². The fourth-order valence-electron chi connectivity index (χ4n) is 2.84. The molecule has 2 aromatic carbocycles. The van der Waals surface area contributed by atoms with Gasteiger partial charge in [-0.05, 0) is 68.4 Å². The highest BCUT2D eigenvalue weighted by molar-refractivity contribution is 7.80. The van der Waals surface area contributed by atoms with Gasteiger partial charge in [0, 0.05) is 15.7 Å². The Morgan fingerprint density at radius 1 is 1.07 bits per heavy atom. The topological polar surface area (TPSA) is 41.9 Å². The van der Waals surface area contributed by atoms with Crippen molar-refractivity contribution < 1.29 is 0 Å². The molecule has 0 aliphatic heterocycles. The summed E-state index contributed by atoms with van der Waals surface area (Å²) in [5.74, 6) is 0. The van der Waals surface area contributed by atoms with Gasteiger partial charge in [0.1, 0.15) is 0 Å². The Hall–Kier alpha value is -2.08. The first-order valence-corrected chi connectivity index (χ1v) is 9.62. The highest BCUT2D eigenvalue weighted by atomic mass is 35.5. The molecule has 0 aliphatic rings. The van der Waals surface area contributed by atoms with Gasteiger partial charge in [0.15, 0.2) is 5.11 Å². The van der Waals surface area contributed by atoms with Gasteiger partial charge in [-0.1, -0.05) is 41.4 Å². The predicted octanol–water partition coefficient (Wildman–Crippen LogP) is 5.97. The van der Waals surface area contributed by atoms with Crippen LogP contribution in [-0.2, 0) is 6.54 Å². The third-order valence-electron chi connectivity index (χ3n) is 4.23. The molecule has 3 rings (SSSR count). The van der Waals surface area contributed by atoms with Crippen LogP contribution in [-0.4, -0.2) is 14.9 Å². The quantitative estimate of drug-likeness (QED) is 0.511. The number of nitrogens with one attached hydrogen (secondary N) is 2. The van der Waals surface area contributed by atoms with E-state index in [0.717, 1.165) is 28.3 Å². The van der Waals surface area contributed by atoms with Crippen LogP contribution in [0.4, 0.5) is 11.4 Å². The Morgan fingerprint density at radius 3 is 2.56 bits per heavy atom. The van der Waals surface area contributed by atoms with Crippen molar-refractivity contribution in [3.8, 4) is 0 Å². The van der Waals surface area contributed by atoms with Gasteiger partial charge < -0.3 is 10.6 Å². The monoisotopic (exact) mass is 418 g/mol. The largest absolute Gasteiger partial charge is 0.332 e. The fourth-order valence-corrected chi connectivity index (χ4v) is 3.53. The molecule has 0 aliphatic carbocycles. The average molecular weight is 419 g/mol. The lowest BCUT2D eigenvalue weighted by Crippen LogP contribution is -2.20. The van der Waals surface area contributed by atoms with Crippen molar-refractivity contribution in [2.24, 2.45) is 0 Å². The fraction of sp³-hybridized carbons (Fsp3) is 0.200. The number of hydrogen-bond donors (Lipinski definition) is 2. The van der Waals surface area contributed by atoms with E-state index in [0.29, 0.717) is 21.7 Å². The number of nitrogens with zero attached hydrogens (tertiary/aromatic N) is 2. The second-order valence-electron chi connectivity index (χ2n) is 6.39. The zero-order chi connectivity index (χ0) is 19.6. The van der Waals surface area contributed by atoms with E-state index in [2.05, 4.69) is 15.7 Å². The Bertz CT molecular complexity index is 998. The van der Waals surface area contributed by atoms with E-state index in [9.17, 15) is 0 Å². The molecule has 3 aromatic rings. The maximum absolute atomic E-state index is 6.29. The summed E-state index contributed by atoms with van der Waals surface area (Å²) in [5, 5.41) is 12.9. The molecule has 1 heterocycles. The first kappa shape index (κ1) is 19.7. The molecule has 140 valence electrons. The molecule has 0 fully saturated rings. The standard InChI is InChI=1S/C20H20Cl2N4S/c1-12-5-4-6-17(9-12)23-20(27)24-19-13(2)25-26(14(19)3)11-15-7-8-16(21)10-18(15)22/h4-10H,11H2,1-3H3,(H2,23,24,27). The minimum absolute atomic E-state index is 0.524. The first-order chi connectivity index (χ1) is 12.8. The number of hydrogen-bond acceptors (Lipinski definition) is 2. The Labute approximate surface area is 174 Å². The highest BCUT2D eigenvalue weighted by Gasteiger charge is 2.14. The van der Waals surface area contributed by atoms with Crippen LogP contribution >= 0.6 is 35.4 Å². The van der Waals surface area contributed by atoms with E-state index in [1.165, 1.54) is 5.56 Å². The van der Waals surface area contributed by atoms with Crippen LogP contribution in [0.5, 0.6) is 0 Å². The maximum Gasteiger partial charge on any atom is 0.175 e. The molecule has 0 spiro atoms. The van der Waals surface area contributed by atoms with Crippen LogP contribution in [0.3, 0.4) is 0 Å². The molecule has 7 heteroatoms. The van der Waals surface area contributed by atoms with Gasteiger partial charge >= 0.3 is 0 Å². The number of halogens is 2. The summed E-state index contributed by atoms with van der Waals surface area (Å²) < 4.78 is 1.90. The molecule has 0 bridgehead atoms. The first-order valence-electron chi connectivity index (χ1n) is 8.46. The number of benzene rings is 2. The Morgan fingerprint density at radius 2 is 1.85 bits per heavy atom. The van der Waals surface area contributed by atoms with E-state index in [-0.39, 0.29) is 0 Å². The SMILES string of the molecule is Cc1cccc(NC(=S)Nc2c(C)nn(Cc3ccc(Cl)cc3Cl)c2C)c1. The van der Waals surface area contributed by atoms with Gasteiger partial charge in [-0.15, -0.1) is 0 Å². The molecule has 4 nitrogen and oxygen atoms in total. The lowest BCUT2D eigenvalue weighted by atomic mass is 10.2. The van der Waals surface area contributed by atoms with Crippen molar-refractivity contribution in [1.29, 1.82) is 0 Å². The smallest absolute Gasteiger partial charge is 0.175 e. The lowest BCUT2D eigenvalue weighted by Gasteiger charge is -2.12. The third-order valence-corrected chi connectivity index (χ3v) is 5.02. The van der Waals surface area contributed by atoms with E-state index >= 15 is 0 Å². The second-order valence-corrected chi connectivity index (χ2v) is 7.64. The van der Waals surface area contributed by atoms with Crippen molar-refractivity contribution in [2.45, 2.75) is 27.3 Å². The van der Waals surface area contributed by atoms with Gasteiger partial charge in [0.2, 0.25) is 0 Å². The summed E-state index contributed by atoms with van der Waals surface area (Å²) in [6.45, 7) is 6.55. The predicted molar refractivity (Wildman–Crippen MR) is 118 cm³/mol. The third kappa shape index (κ3) is 4.80. The van der Waals surface area contributed by atoms with Gasteiger partial charge in [0.25, 0.3) is 0 Å². The minimum Gasteiger partial charge on any atom is -0.332 e. The minimum atomic E-state index is 0.524. The summed E-state index contributed by atoms with van der Waals surface area (Å²) in [6.07, 6.45) is 0. The number of aryl methyl sites for hydroxylation is 2. The zero-order valence-corrected chi connectivity index (χ0v) is 17.6. The summed E-state index contributed by atoms with van der Waals surface area (Å²) in [4.78, 5) is 0. The molecule has 0 atom stereocenters. The lowest BCUT2D eigenvalue weighted by molar-refractivity contribution is 0.659. The molecule has 27 heavy (non-hydrogen) atoms. The summed E-state index contributed by atoms with van der Waals surface area (Å²) >= 11 is 17.7. The average Bonchev–Trinajstić information content (AvgIpc) is 2.85. The molecule has 2 N–H and O–H groups in total. The van der Waals surface area contributed by atoms with E-state index < -0.39 is 0 Å². The van der Waals surface area contributed by atoms with Gasteiger partial charge in [0.05, 0.1) is 23.6 Å². The molecule has 0 radical (unpaired) electrons. The van der Waals surface area contributed by atoms with Crippen molar-refractivity contribution in [3.05, 3.63) is 75.0 Å². The Balaban J connectivity index is 1.76. The van der Waals surface area contributed by atoms with E-state index in [1.54, 1.807) is 6.07 Å². The molecule has 0 saturated heterocycles. The normalized spacial score (nSPS) is 10.7. The van der Waals surface area contributed by atoms with Crippen molar-refractivity contribution in [2.75, 3.05) is 10.6 Å². The van der Waals surface area contributed by atoms with Crippen LogP contribution in [0.2, 0.25) is 10.0 Å². The Kier molecular flexibility index (Phi) is 6.05. The molecule has 0 amide bonds. The van der Waals surface area contributed by atoms with Gasteiger partial charge in [-0.2, -0.15) is 5.10 Å². The molecular formula is C20H20Cl2N4S. The molecule has 0 unspecified atom stereocenters. The summed E-state index contributed by atoms with van der Waals surface area (Å²) in [5.41, 5.74) is 5.81. The van der Waals surface area contributed by atoms with Crippen LogP contribution in [0.25, 0.3) is 0 Å². The zero-order valence-electron chi connectivity index (χ0n) is 15.3. The van der Waals surface area contributed by atoms with E-state index in [4.69, 9.17) is 35.4 Å². The summed E-state index contributed by atoms with van der Waals surface area (Å²) in [6, 6.07) is 13.5. The number of aromatic nitrogens is 2. The molecule has 0 saturated carbocycles. The van der Waals surface area contributed by atoms with Crippen LogP contribution in [0, 0.1) is 20.8 Å². The molecular weight excluding hydrogens is 399 g/mol. The van der Waals surface area contributed by atoms with Crippen LogP contribution in [0.15, 0.2) is 42.5 Å². The summed E-state index contributed by atoms with van der Waals surface area (Å²) in [7, 11) is 0. The van der Waals surface area contributed by atoms with Crippen LogP contribution < -0.4 is 10.6 Å². The van der Waals surface area contributed by atoms with Gasteiger partial charge in [-0.3, -0.25) is 4.68 Å².